The lowest BCUT2D eigenvalue weighted by Gasteiger charge is -2.06. The topological polar surface area (TPSA) is 79.2 Å². The van der Waals surface area contributed by atoms with Crippen molar-refractivity contribution in [1.29, 1.82) is 5.26 Å². The second-order valence-electron chi connectivity index (χ2n) is 4.67. The number of amides is 1. The average molecular weight is 258 g/mol. The van der Waals surface area contributed by atoms with Crippen molar-refractivity contribution in [1.82, 2.24) is 0 Å². The van der Waals surface area contributed by atoms with E-state index in [0.29, 0.717) is 17.2 Å². The lowest BCUT2D eigenvalue weighted by molar-refractivity contribution is -0.148. The Morgan fingerprint density at radius 2 is 2.26 bits per heavy atom. The summed E-state index contributed by atoms with van der Waals surface area (Å²) in [5.41, 5.74) is 0.974. The third-order valence-corrected chi connectivity index (χ3v) is 3.03. The van der Waals surface area contributed by atoms with Crippen molar-refractivity contribution in [3.05, 3.63) is 29.8 Å². The number of hydrogen-bond acceptors (Lipinski definition) is 4. The first-order valence-electron chi connectivity index (χ1n) is 6.07. The van der Waals surface area contributed by atoms with Gasteiger partial charge in [0.2, 0.25) is 0 Å². The molecule has 0 unspecified atom stereocenters. The number of carbonyl (C=O) groups excluding carboxylic acids is 2. The molecule has 0 spiro atoms. The van der Waals surface area contributed by atoms with Crippen molar-refractivity contribution >= 4 is 17.6 Å². The summed E-state index contributed by atoms with van der Waals surface area (Å²) in [6.45, 7) is 1.68. The van der Waals surface area contributed by atoms with E-state index in [9.17, 15) is 9.59 Å². The Bertz CT molecular complexity index is 548. The molecular weight excluding hydrogens is 244 g/mol. The Morgan fingerprint density at radius 1 is 1.53 bits per heavy atom. The SMILES string of the molecule is C[C@H]1C[C@@H]1C(=O)OCC(=O)Nc1cccc(C#N)c1. The van der Waals surface area contributed by atoms with E-state index in [1.165, 1.54) is 0 Å². The van der Waals surface area contributed by atoms with E-state index in [2.05, 4.69) is 5.32 Å². The molecular formula is C14H14N2O3. The minimum Gasteiger partial charge on any atom is -0.455 e. The fourth-order valence-corrected chi connectivity index (χ4v) is 1.76. The lowest BCUT2D eigenvalue weighted by atomic mass is 10.2. The van der Waals surface area contributed by atoms with Crippen molar-refractivity contribution in [3.63, 3.8) is 0 Å². The van der Waals surface area contributed by atoms with Gasteiger partial charge in [0.25, 0.3) is 5.91 Å². The average Bonchev–Trinajstić information content (AvgIpc) is 3.13. The van der Waals surface area contributed by atoms with E-state index < -0.39 is 5.91 Å². The second-order valence-corrected chi connectivity index (χ2v) is 4.67. The molecule has 0 bridgehead atoms. The van der Waals surface area contributed by atoms with Crippen LogP contribution in [-0.4, -0.2) is 18.5 Å². The van der Waals surface area contributed by atoms with E-state index in [4.69, 9.17) is 10.00 Å². The minimum absolute atomic E-state index is 0.0466. The van der Waals surface area contributed by atoms with Gasteiger partial charge < -0.3 is 10.1 Å². The first-order chi connectivity index (χ1) is 9.10. The summed E-state index contributed by atoms with van der Waals surface area (Å²) in [4.78, 5) is 23.0. The molecule has 0 aromatic heterocycles. The molecule has 0 aliphatic heterocycles. The largest absolute Gasteiger partial charge is 0.455 e. The van der Waals surface area contributed by atoms with E-state index in [1.54, 1.807) is 24.3 Å². The first-order valence-corrected chi connectivity index (χ1v) is 6.07. The van der Waals surface area contributed by atoms with Crippen LogP contribution < -0.4 is 5.32 Å². The standard InChI is InChI=1S/C14H14N2O3/c1-9-5-12(9)14(18)19-8-13(17)16-11-4-2-3-10(6-11)7-15/h2-4,6,9,12H,5,8H2,1H3,(H,16,17)/t9-,12-/m0/s1. The van der Waals surface area contributed by atoms with Gasteiger partial charge in [-0.25, -0.2) is 0 Å². The summed E-state index contributed by atoms with van der Waals surface area (Å²) in [5.74, 6) is -0.400. The van der Waals surface area contributed by atoms with Crippen LogP contribution in [0.4, 0.5) is 5.69 Å². The van der Waals surface area contributed by atoms with Gasteiger partial charge in [-0.05, 0) is 30.5 Å². The highest BCUT2D eigenvalue weighted by atomic mass is 16.5. The maximum atomic E-state index is 11.6. The van der Waals surface area contributed by atoms with Gasteiger partial charge in [0.15, 0.2) is 6.61 Å². The minimum atomic E-state index is -0.406. The molecule has 5 heteroatoms. The highest BCUT2D eigenvalue weighted by molar-refractivity contribution is 5.93. The Balaban J connectivity index is 1.81. The van der Waals surface area contributed by atoms with Crippen LogP contribution in [0, 0.1) is 23.2 Å². The van der Waals surface area contributed by atoms with Crippen molar-refractivity contribution in [2.75, 3.05) is 11.9 Å². The third kappa shape index (κ3) is 3.55. The maximum Gasteiger partial charge on any atom is 0.309 e. The van der Waals surface area contributed by atoms with Gasteiger partial charge in [-0.15, -0.1) is 0 Å². The van der Waals surface area contributed by atoms with Gasteiger partial charge in [-0.2, -0.15) is 5.26 Å². The Hall–Kier alpha value is -2.35. The zero-order valence-electron chi connectivity index (χ0n) is 10.6. The number of benzene rings is 1. The molecule has 1 amide bonds. The smallest absolute Gasteiger partial charge is 0.309 e. The molecule has 19 heavy (non-hydrogen) atoms. The predicted octanol–water partition coefficient (Wildman–Crippen LogP) is 1.70. The Labute approximate surface area is 111 Å². The van der Waals surface area contributed by atoms with E-state index >= 15 is 0 Å². The molecule has 98 valence electrons. The summed E-state index contributed by atoms with van der Waals surface area (Å²) in [7, 11) is 0. The number of nitrogens with one attached hydrogen (secondary N) is 1. The van der Waals surface area contributed by atoms with Crippen molar-refractivity contribution in [2.45, 2.75) is 13.3 Å². The fraction of sp³-hybridized carbons (Fsp3) is 0.357. The molecule has 1 N–H and O–H groups in total. The van der Waals surface area contributed by atoms with Gasteiger partial charge in [-0.3, -0.25) is 9.59 Å². The number of nitrogens with zero attached hydrogens (tertiary/aromatic N) is 1. The van der Waals surface area contributed by atoms with Gasteiger partial charge in [0.05, 0.1) is 17.6 Å². The van der Waals surface area contributed by atoms with E-state index in [-0.39, 0.29) is 18.5 Å². The molecule has 1 aliphatic carbocycles. The van der Waals surface area contributed by atoms with Crippen LogP contribution in [-0.2, 0) is 14.3 Å². The first kappa shape index (κ1) is 13.1. The van der Waals surface area contributed by atoms with Gasteiger partial charge >= 0.3 is 5.97 Å². The number of anilines is 1. The van der Waals surface area contributed by atoms with Crippen LogP contribution in [0.1, 0.15) is 18.9 Å². The molecule has 1 aromatic rings. The summed E-state index contributed by atoms with van der Waals surface area (Å²) in [5, 5.41) is 11.3. The van der Waals surface area contributed by atoms with Crippen LogP contribution in [0.2, 0.25) is 0 Å². The molecule has 2 atom stereocenters. The molecule has 1 aromatic carbocycles. The molecule has 5 nitrogen and oxygen atoms in total. The van der Waals surface area contributed by atoms with Crippen molar-refractivity contribution < 1.29 is 14.3 Å². The number of hydrogen-bond donors (Lipinski definition) is 1. The van der Waals surface area contributed by atoms with E-state index in [1.807, 2.05) is 13.0 Å². The second kappa shape index (κ2) is 5.53. The highest BCUT2D eigenvalue weighted by Gasteiger charge is 2.40. The quantitative estimate of drug-likeness (QED) is 0.833. The summed E-state index contributed by atoms with van der Waals surface area (Å²) in [6.07, 6.45) is 0.838. The van der Waals surface area contributed by atoms with Crippen LogP contribution in [0.25, 0.3) is 0 Å². The van der Waals surface area contributed by atoms with Crippen LogP contribution in [0.3, 0.4) is 0 Å². The summed E-state index contributed by atoms with van der Waals surface area (Å²) < 4.78 is 4.91. The van der Waals surface area contributed by atoms with Gasteiger partial charge in [0.1, 0.15) is 0 Å². The number of ether oxygens (including phenoxy) is 1. The molecule has 0 radical (unpaired) electrons. The molecule has 0 saturated heterocycles. The summed E-state index contributed by atoms with van der Waals surface area (Å²) >= 11 is 0. The molecule has 0 heterocycles. The number of rotatable bonds is 4. The number of esters is 1. The molecule has 1 fully saturated rings. The normalized spacial score (nSPS) is 20.2. The van der Waals surface area contributed by atoms with Gasteiger partial charge in [-0.1, -0.05) is 13.0 Å². The zero-order valence-corrected chi connectivity index (χ0v) is 10.6. The third-order valence-electron chi connectivity index (χ3n) is 3.03. The highest BCUT2D eigenvalue weighted by Crippen LogP contribution is 2.38. The molecule has 1 saturated carbocycles. The predicted molar refractivity (Wildman–Crippen MR) is 68.0 cm³/mol. The monoisotopic (exact) mass is 258 g/mol. The molecule has 1 aliphatic rings. The lowest BCUT2D eigenvalue weighted by Crippen LogP contribution is -2.21. The summed E-state index contributed by atoms with van der Waals surface area (Å²) in [6, 6.07) is 8.53. The van der Waals surface area contributed by atoms with Crippen LogP contribution in [0.15, 0.2) is 24.3 Å². The zero-order chi connectivity index (χ0) is 13.8. The maximum absolute atomic E-state index is 11.6. The molecule has 2 rings (SSSR count). The van der Waals surface area contributed by atoms with Crippen LogP contribution in [0.5, 0.6) is 0 Å². The Morgan fingerprint density at radius 3 is 2.89 bits per heavy atom. The number of nitriles is 1. The fourth-order valence-electron chi connectivity index (χ4n) is 1.76. The van der Waals surface area contributed by atoms with E-state index in [0.717, 1.165) is 6.42 Å². The Kier molecular flexibility index (Phi) is 3.81. The van der Waals surface area contributed by atoms with Crippen LogP contribution >= 0.6 is 0 Å². The van der Waals surface area contributed by atoms with Crippen molar-refractivity contribution in [3.8, 4) is 6.07 Å². The van der Waals surface area contributed by atoms with Crippen molar-refractivity contribution in [2.24, 2.45) is 11.8 Å². The number of carbonyl (C=O) groups is 2. The van der Waals surface area contributed by atoms with Gasteiger partial charge in [0, 0.05) is 5.69 Å².